The molecule has 0 aromatic heterocycles. The maximum atomic E-state index is 12.9. The van der Waals surface area contributed by atoms with Gasteiger partial charge in [-0.25, -0.2) is 0 Å². The average Bonchev–Trinajstić information content (AvgIpc) is 3.46. The van der Waals surface area contributed by atoms with Gasteiger partial charge in [-0.1, -0.05) is 30.5 Å². The van der Waals surface area contributed by atoms with Crippen molar-refractivity contribution in [3.05, 3.63) is 59.7 Å². The Bertz CT molecular complexity index is 1060. The molecule has 2 fully saturated rings. The highest BCUT2D eigenvalue weighted by atomic mass is 16.5. The standard InChI is InChI=1S/C29H38N4O4/c1-22-7-9-24(10-8-22)28(35)32-17-15-31(16-18-32)26-13-11-25(12-14-26)30-27(34)21-33(19-20-37-2)29(36)23-5-3-4-6-23/h7-14,23H,3-6,15-21H2,1-2H3,(H,30,34). The van der Waals surface area contributed by atoms with Crippen LogP contribution in [0.3, 0.4) is 0 Å². The number of amides is 3. The first kappa shape index (κ1) is 26.7. The van der Waals surface area contributed by atoms with Crippen LogP contribution >= 0.6 is 0 Å². The molecule has 0 unspecified atom stereocenters. The highest BCUT2D eigenvalue weighted by Crippen LogP contribution is 2.26. The molecular weight excluding hydrogens is 468 g/mol. The van der Waals surface area contributed by atoms with Crippen molar-refractivity contribution in [1.82, 2.24) is 9.80 Å². The molecule has 0 bridgehead atoms. The number of ether oxygens (including phenoxy) is 1. The number of hydrogen-bond donors (Lipinski definition) is 1. The second-order valence-electron chi connectivity index (χ2n) is 9.97. The molecule has 1 heterocycles. The molecule has 2 aliphatic rings. The first-order valence-corrected chi connectivity index (χ1v) is 13.2. The first-order chi connectivity index (χ1) is 17.9. The second kappa shape index (κ2) is 12.7. The number of hydrogen-bond acceptors (Lipinski definition) is 5. The van der Waals surface area contributed by atoms with Crippen molar-refractivity contribution in [2.45, 2.75) is 32.6 Å². The number of methoxy groups -OCH3 is 1. The molecule has 0 radical (unpaired) electrons. The third kappa shape index (κ3) is 7.10. The van der Waals surface area contributed by atoms with Crippen LogP contribution in [0.4, 0.5) is 11.4 Å². The lowest BCUT2D eigenvalue weighted by Crippen LogP contribution is -2.48. The molecule has 0 atom stereocenters. The quantitative estimate of drug-likeness (QED) is 0.563. The Balaban J connectivity index is 1.27. The van der Waals surface area contributed by atoms with Crippen molar-refractivity contribution in [3.8, 4) is 0 Å². The van der Waals surface area contributed by atoms with Crippen LogP contribution in [-0.4, -0.2) is 80.5 Å². The zero-order chi connectivity index (χ0) is 26.2. The summed E-state index contributed by atoms with van der Waals surface area (Å²) in [5.41, 5.74) is 3.62. The van der Waals surface area contributed by atoms with E-state index in [9.17, 15) is 14.4 Å². The van der Waals surface area contributed by atoms with Crippen LogP contribution in [-0.2, 0) is 14.3 Å². The van der Waals surface area contributed by atoms with Gasteiger partial charge < -0.3 is 24.8 Å². The minimum Gasteiger partial charge on any atom is -0.383 e. The lowest BCUT2D eigenvalue weighted by Gasteiger charge is -2.36. The molecule has 8 heteroatoms. The number of carbonyl (C=O) groups excluding carboxylic acids is 3. The van der Waals surface area contributed by atoms with Crippen LogP contribution < -0.4 is 10.2 Å². The molecule has 2 aromatic rings. The fraction of sp³-hybridized carbons (Fsp3) is 0.483. The van der Waals surface area contributed by atoms with Gasteiger partial charge in [-0.05, 0) is 56.2 Å². The molecule has 8 nitrogen and oxygen atoms in total. The molecule has 4 rings (SSSR count). The maximum absolute atomic E-state index is 12.9. The SMILES string of the molecule is COCCN(CC(=O)Nc1ccc(N2CCN(C(=O)c3ccc(C)cc3)CC2)cc1)C(=O)C1CCCC1. The summed E-state index contributed by atoms with van der Waals surface area (Å²) in [6.45, 7) is 5.69. The normalized spacial score (nSPS) is 16.1. The molecule has 3 amide bonds. The highest BCUT2D eigenvalue weighted by molar-refractivity contribution is 5.95. The molecule has 37 heavy (non-hydrogen) atoms. The van der Waals surface area contributed by atoms with Crippen LogP contribution in [0, 0.1) is 12.8 Å². The number of piperazine rings is 1. The molecule has 1 aliphatic heterocycles. The zero-order valence-electron chi connectivity index (χ0n) is 21.9. The number of rotatable bonds is 9. The van der Waals surface area contributed by atoms with Crippen molar-refractivity contribution in [1.29, 1.82) is 0 Å². The Morgan fingerprint density at radius 2 is 1.59 bits per heavy atom. The predicted molar refractivity (Wildman–Crippen MR) is 145 cm³/mol. The lowest BCUT2D eigenvalue weighted by atomic mass is 10.1. The monoisotopic (exact) mass is 506 g/mol. The van der Waals surface area contributed by atoms with E-state index < -0.39 is 0 Å². The van der Waals surface area contributed by atoms with Crippen LogP contribution in [0.25, 0.3) is 0 Å². The van der Waals surface area contributed by atoms with Crippen molar-refractivity contribution >= 4 is 29.1 Å². The first-order valence-electron chi connectivity index (χ1n) is 13.2. The van der Waals surface area contributed by atoms with E-state index in [1.807, 2.05) is 60.4 Å². The van der Waals surface area contributed by atoms with Crippen LogP contribution in [0.15, 0.2) is 48.5 Å². The van der Waals surface area contributed by atoms with E-state index in [2.05, 4.69) is 10.2 Å². The van der Waals surface area contributed by atoms with Gasteiger partial charge in [0.2, 0.25) is 11.8 Å². The predicted octanol–water partition coefficient (Wildman–Crippen LogP) is 3.56. The number of aryl methyl sites for hydroxylation is 1. The van der Waals surface area contributed by atoms with E-state index in [1.165, 1.54) is 0 Å². The number of anilines is 2. The maximum Gasteiger partial charge on any atom is 0.253 e. The number of nitrogens with zero attached hydrogens (tertiary/aromatic N) is 3. The fourth-order valence-electron chi connectivity index (χ4n) is 5.08. The zero-order valence-corrected chi connectivity index (χ0v) is 21.9. The summed E-state index contributed by atoms with van der Waals surface area (Å²) < 4.78 is 5.15. The van der Waals surface area contributed by atoms with Crippen molar-refractivity contribution in [3.63, 3.8) is 0 Å². The Morgan fingerprint density at radius 3 is 2.22 bits per heavy atom. The topological polar surface area (TPSA) is 82.2 Å². The molecule has 1 saturated heterocycles. The van der Waals surface area contributed by atoms with Crippen LogP contribution in [0.1, 0.15) is 41.6 Å². The largest absolute Gasteiger partial charge is 0.383 e. The summed E-state index contributed by atoms with van der Waals surface area (Å²) in [5.74, 6) is -0.0567. The smallest absolute Gasteiger partial charge is 0.253 e. The van der Waals surface area contributed by atoms with Gasteiger partial charge in [-0.2, -0.15) is 0 Å². The fourth-order valence-corrected chi connectivity index (χ4v) is 5.08. The Kier molecular flexibility index (Phi) is 9.17. The third-order valence-corrected chi connectivity index (χ3v) is 7.30. The highest BCUT2D eigenvalue weighted by Gasteiger charge is 2.28. The van der Waals surface area contributed by atoms with E-state index in [0.29, 0.717) is 31.9 Å². The molecule has 1 saturated carbocycles. The molecular formula is C29H38N4O4. The van der Waals surface area contributed by atoms with E-state index in [0.717, 1.165) is 55.6 Å². The van der Waals surface area contributed by atoms with Gasteiger partial charge in [0.25, 0.3) is 5.91 Å². The average molecular weight is 507 g/mol. The van der Waals surface area contributed by atoms with E-state index in [-0.39, 0.29) is 30.2 Å². The van der Waals surface area contributed by atoms with Crippen LogP contribution in [0.5, 0.6) is 0 Å². The molecule has 198 valence electrons. The second-order valence-corrected chi connectivity index (χ2v) is 9.97. The van der Waals surface area contributed by atoms with Gasteiger partial charge in [0.15, 0.2) is 0 Å². The van der Waals surface area contributed by atoms with Gasteiger partial charge in [0.1, 0.15) is 0 Å². The number of benzene rings is 2. The van der Waals surface area contributed by atoms with Gasteiger partial charge in [0, 0.05) is 62.7 Å². The summed E-state index contributed by atoms with van der Waals surface area (Å²) in [6.07, 6.45) is 3.95. The summed E-state index contributed by atoms with van der Waals surface area (Å²) in [4.78, 5) is 44.2. The Morgan fingerprint density at radius 1 is 0.946 bits per heavy atom. The van der Waals surface area contributed by atoms with Gasteiger partial charge >= 0.3 is 0 Å². The number of nitrogens with one attached hydrogen (secondary N) is 1. The molecule has 0 spiro atoms. The Labute approximate surface area is 219 Å². The van der Waals surface area contributed by atoms with Crippen molar-refractivity contribution in [2.75, 3.05) is 63.2 Å². The Hall–Kier alpha value is -3.39. The molecule has 1 N–H and O–H groups in total. The van der Waals surface area contributed by atoms with Gasteiger partial charge in [0.05, 0.1) is 13.2 Å². The van der Waals surface area contributed by atoms with Gasteiger partial charge in [-0.3, -0.25) is 14.4 Å². The number of carbonyl (C=O) groups is 3. The van der Waals surface area contributed by atoms with E-state index in [1.54, 1.807) is 12.0 Å². The van der Waals surface area contributed by atoms with Crippen LogP contribution in [0.2, 0.25) is 0 Å². The molecule has 1 aliphatic carbocycles. The summed E-state index contributed by atoms with van der Waals surface area (Å²) in [7, 11) is 1.60. The minimum absolute atomic E-state index is 0.0246. The van der Waals surface area contributed by atoms with Crippen molar-refractivity contribution in [2.24, 2.45) is 5.92 Å². The summed E-state index contributed by atoms with van der Waals surface area (Å²) in [6, 6.07) is 15.4. The van der Waals surface area contributed by atoms with E-state index >= 15 is 0 Å². The minimum atomic E-state index is -0.210. The molecule has 2 aromatic carbocycles. The lowest BCUT2D eigenvalue weighted by molar-refractivity contribution is -0.138. The summed E-state index contributed by atoms with van der Waals surface area (Å²) >= 11 is 0. The van der Waals surface area contributed by atoms with Crippen molar-refractivity contribution < 1.29 is 19.1 Å². The summed E-state index contributed by atoms with van der Waals surface area (Å²) in [5, 5.41) is 2.92. The van der Waals surface area contributed by atoms with Gasteiger partial charge in [-0.15, -0.1) is 0 Å². The van der Waals surface area contributed by atoms with E-state index in [4.69, 9.17) is 4.74 Å². The third-order valence-electron chi connectivity index (χ3n) is 7.30.